The lowest BCUT2D eigenvalue weighted by molar-refractivity contribution is 0.280. The van der Waals surface area contributed by atoms with E-state index in [4.69, 9.17) is 16.3 Å². The third kappa shape index (κ3) is 2.93. The second-order valence-corrected chi connectivity index (χ2v) is 6.57. The van der Waals surface area contributed by atoms with Gasteiger partial charge in [-0.25, -0.2) is 13.4 Å². The highest BCUT2D eigenvalue weighted by atomic mass is 35.5. The van der Waals surface area contributed by atoms with Crippen molar-refractivity contribution >= 4 is 27.4 Å². The van der Waals surface area contributed by atoms with Gasteiger partial charge in [-0.15, -0.1) is 0 Å². The molecule has 0 bridgehead atoms. The lowest BCUT2D eigenvalue weighted by Gasteiger charge is -2.20. The van der Waals surface area contributed by atoms with Gasteiger partial charge in [0, 0.05) is 0 Å². The molecule has 1 aromatic heterocycles. The number of aryl methyl sites for hydroxylation is 1. The number of benzene rings is 1. The summed E-state index contributed by atoms with van der Waals surface area (Å²) in [5.74, 6) is 0.474. The van der Waals surface area contributed by atoms with Gasteiger partial charge >= 0.3 is 0 Å². The van der Waals surface area contributed by atoms with Crippen molar-refractivity contribution in [3.8, 4) is 5.75 Å². The van der Waals surface area contributed by atoms with E-state index in [9.17, 15) is 8.42 Å². The molecule has 21 heavy (non-hydrogen) atoms. The highest BCUT2D eigenvalue weighted by molar-refractivity contribution is 7.92. The summed E-state index contributed by atoms with van der Waals surface area (Å²) in [6, 6.07) is 5.07. The predicted molar refractivity (Wildman–Crippen MR) is 78.1 cm³/mol. The number of aromatic nitrogens is 2. The summed E-state index contributed by atoms with van der Waals surface area (Å²) in [6.45, 7) is 0.510. The Labute approximate surface area is 127 Å². The van der Waals surface area contributed by atoms with Crippen LogP contribution < -0.4 is 9.46 Å². The predicted octanol–water partition coefficient (Wildman–Crippen LogP) is 2.26. The van der Waals surface area contributed by atoms with Gasteiger partial charge in [0.2, 0.25) is 0 Å². The van der Waals surface area contributed by atoms with Crippen molar-refractivity contribution in [1.29, 1.82) is 0 Å². The maximum absolute atomic E-state index is 12.5. The number of hydrogen-bond acceptors (Lipinski definition) is 5. The van der Waals surface area contributed by atoms with Crippen molar-refractivity contribution in [2.45, 2.75) is 17.7 Å². The van der Waals surface area contributed by atoms with Crippen LogP contribution in [0.3, 0.4) is 0 Å². The Morgan fingerprint density at radius 2 is 2.14 bits per heavy atom. The largest absolute Gasteiger partial charge is 0.492 e. The van der Waals surface area contributed by atoms with Gasteiger partial charge in [-0.2, -0.15) is 0 Å². The molecule has 2 heterocycles. The summed E-state index contributed by atoms with van der Waals surface area (Å²) in [4.78, 5) is 7.76. The summed E-state index contributed by atoms with van der Waals surface area (Å²) in [7, 11) is -3.81. The van der Waals surface area contributed by atoms with E-state index < -0.39 is 10.0 Å². The van der Waals surface area contributed by atoms with Gasteiger partial charge in [0.05, 0.1) is 19.0 Å². The van der Waals surface area contributed by atoms with E-state index in [-0.39, 0.29) is 15.9 Å². The molecule has 2 aromatic rings. The molecule has 0 atom stereocenters. The Kier molecular flexibility index (Phi) is 3.69. The van der Waals surface area contributed by atoms with Crippen LogP contribution in [0.15, 0.2) is 35.5 Å². The van der Waals surface area contributed by atoms with Crippen LogP contribution in [0.25, 0.3) is 0 Å². The molecule has 3 rings (SSSR count). The molecule has 110 valence electrons. The summed E-state index contributed by atoms with van der Waals surface area (Å²) in [5.41, 5.74) is 0.890. The van der Waals surface area contributed by atoms with Crippen molar-refractivity contribution < 1.29 is 13.2 Å². The van der Waals surface area contributed by atoms with Gasteiger partial charge in [0.15, 0.2) is 5.82 Å². The van der Waals surface area contributed by atoms with Crippen LogP contribution >= 0.6 is 11.6 Å². The molecule has 0 radical (unpaired) electrons. The zero-order valence-corrected chi connectivity index (χ0v) is 12.5. The average molecular weight is 326 g/mol. The van der Waals surface area contributed by atoms with Crippen LogP contribution in [0, 0.1) is 0 Å². The van der Waals surface area contributed by atoms with Crippen LogP contribution in [-0.2, 0) is 16.4 Å². The third-order valence-corrected chi connectivity index (χ3v) is 4.59. The fourth-order valence-corrected chi connectivity index (χ4v) is 3.48. The zero-order chi connectivity index (χ0) is 14.9. The first-order valence-corrected chi connectivity index (χ1v) is 8.17. The highest BCUT2D eigenvalue weighted by Gasteiger charge is 2.24. The molecule has 1 aliphatic heterocycles. The standard InChI is InChI=1S/C13H12ClN3O3S/c14-11-7-15-8-12(16-11)17-21(18,19)10-5-1-3-9-4-2-6-20-13(9)10/h1,3,5,7-8H,2,4,6H2,(H,16,17). The molecular formula is C13H12ClN3O3S. The minimum absolute atomic E-state index is 0.0657. The van der Waals surface area contributed by atoms with E-state index in [1.807, 2.05) is 6.07 Å². The van der Waals surface area contributed by atoms with Gasteiger partial charge in [-0.1, -0.05) is 23.7 Å². The van der Waals surface area contributed by atoms with Gasteiger partial charge in [0.25, 0.3) is 10.0 Å². The van der Waals surface area contributed by atoms with Crippen LogP contribution in [-0.4, -0.2) is 25.0 Å². The lowest BCUT2D eigenvalue weighted by atomic mass is 10.1. The number of anilines is 1. The van der Waals surface area contributed by atoms with Crippen molar-refractivity contribution in [1.82, 2.24) is 9.97 Å². The van der Waals surface area contributed by atoms with Gasteiger partial charge in [0.1, 0.15) is 15.8 Å². The molecule has 0 fully saturated rings. The number of hydrogen-bond donors (Lipinski definition) is 1. The number of halogens is 1. The molecular weight excluding hydrogens is 314 g/mol. The first-order valence-electron chi connectivity index (χ1n) is 6.31. The van der Waals surface area contributed by atoms with Crippen molar-refractivity contribution in [2.24, 2.45) is 0 Å². The van der Waals surface area contributed by atoms with Crippen LogP contribution in [0.4, 0.5) is 5.82 Å². The monoisotopic (exact) mass is 325 g/mol. The SMILES string of the molecule is O=S(=O)(Nc1cncc(Cl)n1)c1cccc2c1OCCC2. The number of ether oxygens (including phenoxy) is 1. The van der Waals surface area contributed by atoms with E-state index in [1.54, 1.807) is 6.07 Å². The Hall–Kier alpha value is -1.86. The second kappa shape index (κ2) is 5.50. The minimum Gasteiger partial charge on any atom is -0.492 e. The maximum atomic E-state index is 12.5. The molecule has 1 aliphatic rings. The summed E-state index contributed by atoms with van der Waals surface area (Å²) >= 11 is 5.70. The Morgan fingerprint density at radius 1 is 1.29 bits per heavy atom. The zero-order valence-electron chi connectivity index (χ0n) is 10.9. The number of para-hydroxylation sites is 1. The first kappa shape index (κ1) is 14.1. The maximum Gasteiger partial charge on any atom is 0.266 e. The molecule has 0 aliphatic carbocycles. The van der Waals surface area contributed by atoms with Gasteiger partial charge < -0.3 is 4.74 Å². The van der Waals surface area contributed by atoms with Gasteiger partial charge in [-0.05, 0) is 24.5 Å². The number of rotatable bonds is 3. The number of sulfonamides is 1. The van der Waals surface area contributed by atoms with Crippen molar-refractivity contribution in [3.05, 3.63) is 41.3 Å². The minimum atomic E-state index is -3.81. The fourth-order valence-electron chi connectivity index (χ4n) is 2.15. The van der Waals surface area contributed by atoms with Crippen LogP contribution in [0.5, 0.6) is 5.75 Å². The van der Waals surface area contributed by atoms with E-state index in [0.29, 0.717) is 12.4 Å². The van der Waals surface area contributed by atoms with E-state index >= 15 is 0 Å². The quantitative estimate of drug-likeness (QED) is 0.936. The molecule has 0 amide bonds. The topological polar surface area (TPSA) is 81.2 Å². The molecule has 0 unspecified atom stereocenters. The number of fused-ring (bicyclic) bond motifs is 1. The normalized spacial score (nSPS) is 14.1. The third-order valence-electron chi connectivity index (χ3n) is 3.03. The molecule has 8 heteroatoms. The van der Waals surface area contributed by atoms with Crippen LogP contribution in [0.1, 0.15) is 12.0 Å². The van der Waals surface area contributed by atoms with Crippen molar-refractivity contribution in [2.75, 3.05) is 11.3 Å². The van der Waals surface area contributed by atoms with E-state index in [0.717, 1.165) is 18.4 Å². The fraction of sp³-hybridized carbons (Fsp3) is 0.231. The molecule has 1 N–H and O–H groups in total. The second-order valence-electron chi connectivity index (χ2n) is 4.53. The Morgan fingerprint density at radius 3 is 2.95 bits per heavy atom. The molecule has 1 aromatic carbocycles. The van der Waals surface area contributed by atoms with Crippen LogP contribution in [0.2, 0.25) is 5.15 Å². The van der Waals surface area contributed by atoms with E-state index in [2.05, 4.69) is 14.7 Å². The summed E-state index contributed by atoms with van der Waals surface area (Å²) in [6.07, 6.45) is 4.30. The van der Waals surface area contributed by atoms with E-state index in [1.165, 1.54) is 18.5 Å². The smallest absolute Gasteiger partial charge is 0.266 e. The first-order chi connectivity index (χ1) is 10.1. The van der Waals surface area contributed by atoms with Crippen molar-refractivity contribution in [3.63, 3.8) is 0 Å². The lowest BCUT2D eigenvalue weighted by Crippen LogP contribution is -2.18. The number of nitrogens with zero attached hydrogens (tertiary/aromatic N) is 2. The average Bonchev–Trinajstić information content (AvgIpc) is 2.46. The molecule has 0 saturated carbocycles. The number of nitrogens with one attached hydrogen (secondary N) is 1. The molecule has 6 nitrogen and oxygen atoms in total. The molecule has 0 spiro atoms. The highest BCUT2D eigenvalue weighted by Crippen LogP contribution is 2.32. The summed E-state index contributed by atoms with van der Waals surface area (Å²) < 4.78 is 32.8. The molecule has 0 saturated heterocycles. The van der Waals surface area contributed by atoms with Gasteiger partial charge in [-0.3, -0.25) is 9.71 Å². The summed E-state index contributed by atoms with van der Waals surface area (Å²) in [5, 5.41) is 0.113. The Bertz CT molecular complexity index is 780. The Balaban J connectivity index is 1.99.